The van der Waals surface area contributed by atoms with Crippen molar-refractivity contribution < 1.29 is 22.0 Å². The molecule has 2 rings (SSSR count). The van der Waals surface area contributed by atoms with Crippen molar-refractivity contribution in [1.29, 1.82) is 0 Å². The number of hydrogen-bond acceptors (Lipinski definition) is 3. The first-order chi connectivity index (χ1) is 10.4. The van der Waals surface area contributed by atoms with Gasteiger partial charge in [-0.25, -0.2) is 17.2 Å². The molecule has 2 aromatic carbocycles. The Bertz CT molecular complexity index is 756. The summed E-state index contributed by atoms with van der Waals surface area (Å²) in [7, 11) is -3.74. The predicted octanol–water partition coefficient (Wildman–Crippen LogP) is 2.05. The van der Waals surface area contributed by atoms with Crippen LogP contribution in [-0.2, 0) is 21.2 Å². The second kappa shape index (κ2) is 6.65. The first-order valence-corrected chi connectivity index (χ1v) is 8.01. The van der Waals surface area contributed by atoms with E-state index in [2.05, 4.69) is 5.32 Å². The summed E-state index contributed by atoms with van der Waals surface area (Å²) in [5.41, 5.74) is 0.211. The molecule has 0 aliphatic rings. The largest absolute Gasteiger partial charge is 0.351 e. The van der Waals surface area contributed by atoms with Gasteiger partial charge in [0.2, 0.25) is 5.91 Å². The van der Waals surface area contributed by atoms with Gasteiger partial charge in [0.25, 0.3) is 0 Å². The Morgan fingerprint density at radius 3 is 2.18 bits per heavy atom. The van der Waals surface area contributed by atoms with Gasteiger partial charge in [0.15, 0.2) is 9.84 Å². The first-order valence-electron chi connectivity index (χ1n) is 6.36. The summed E-state index contributed by atoms with van der Waals surface area (Å²) in [6, 6.07) is 10.4. The number of rotatable bonds is 5. The molecule has 7 heteroatoms. The van der Waals surface area contributed by atoms with Gasteiger partial charge in [-0.1, -0.05) is 18.2 Å². The van der Waals surface area contributed by atoms with Gasteiger partial charge in [0.05, 0.1) is 4.90 Å². The maximum Gasteiger partial charge on any atom is 0.235 e. The Morgan fingerprint density at radius 1 is 1.00 bits per heavy atom. The van der Waals surface area contributed by atoms with E-state index < -0.39 is 33.1 Å². The Hall–Kier alpha value is -2.28. The smallest absolute Gasteiger partial charge is 0.235 e. The Labute approximate surface area is 126 Å². The van der Waals surface area contributed by atoms with Crippen molar-refractivity contribution >= 4 is 15.7 Å². The number of halogens is 2. The minimum Gasteiger partial charge on any atom is -0.351 e. The van der Waals surface area contributed by atoms with E-state index >= 15 is 0 Å². The average molecular weight is 325 g/mol. The zero-order chi connectivity index (χ0) is 16.2. The molecular weight excluding hydrogens is 312 g/mol. The predicted molar refractivity (Wildman–Crippen MR) is 76.7 cm³/mol. The maximum absolute atomic E-state index is 13.0. The van der Waals surface area contributed by atoms with Crippen molar-refractivity contribution in [2.75, 3.05) is 5.75 Å². The zero-order valence-electron chi connectivity index (χ0n) is 11.4. The summed E-state index contributed by atoms with van der Waals surface area (Å²) in [4.78, 5) is 11.7. The molecule has 4 nitrogen and oxygen atoms in total. The Balaban J connectivity index is 1.99. The van der Waals surface area contributed by atoms with Crippen LogP contribution in [0.15, 0.2) is 53.4 Å². The van der Waals surface area contributed by atoms with Gasteiger partial charge in [-0.3, -0.25) is 4.79 Å². The molecular formula is C15H13F2NO3S. The van der Waals surface area contributed by atoms with Crippen LogP contribution in [0.3, 0.4) is 0 Å². The molecule has 0 aliphatic heterocycles. The standard InChI is InChI=1S/C15H13F2NO3S/c16-12-6-11(7-13(17)8-12)9-18-15(19)10-22(20,21)14-4-2-1-3-5-14/h1-8H,9-10H2,(H,18,19). The van der Waals surface area contributed by atoms with Crippen molar-refractivity contribution in [2.24, 2.45) is 0 Å². The fourth-order valence-electron chi connectivity index (χ4n) is 1.85. The fraction of sp³-hybridized carbons (Fsp3) is 0.133. The van der Waals surface area contributed by atoms with Gasteiger partial charge in [-0.2, -0.15) is 0 Å². The maximum atomic E-state index is 13.0. The average Bonchev–Trinajstić information content (AvgIpc) is 2.45. The van der Waals surface area contributed by atoms with E-state index in [0.29, 0.717) is 6.07 Å². The van der Waals surface area contributed by atoms with E-state index in [4.69, 9.17) is 0 Å². The molecule has 0 saturated heterocycles. The zero-order valence-corrected chi connectivity index (χ0v) is 12.2. The van der Waals surface area contributed by atoms with E-state index in [1.165, 1.54) is 12.1 Å². The highest BCUT2D eigenvalue weighted by atomic mass is 32.2. The van der Waals surface area contributed by atoms with Crippen LogP contribution in [0, 0.1) is 11.6 Å². The lowest BCUT2D eigenvalue weighted by atomic mass is 10.2. The molecule has 0 fully saturated rings. The number of sulfone groups is 1. The van der Waals surface area contributed by atoms with Crippen LogP contribution < -0.4 is 5.32 Å². The van der Waals surface area contributed by atoms with E-state index in [9.17, 15) is 22.0 Å². The molecule has 116 valence electrons. The molecule has 0 radical (unpaired) electrons. The molecule has 1 amide bonds. The van der Waals surface area contributed by atoms with Crippen LogP contribution in [0.25, 0.3) is 0 Å². The minimum atomic E-state index is -3.74. The van der Waals surface area contributed by atoms with Gasteiger partial charge in [0, 0.05) is 12.6 Å². The lowest BCUT2D eigenvalue weighted by molar-refractivity contribution is -0.118. The number of nitrogens with one attached hydrogen (secondary N) is 1. The summed E-state index contributed by atoms with van der Waals surface area (Å²) in [6.07, 6.45) is 0. The lowest BCUT2D eigenvalue weighted by Gasteiger charge is -2.07. The van der Waals surface area contributed by atoms with Gasteiger partial charge in [-0.15, -0.1) is 0 Å². The summed E-state index contributed by atoms with van der Waals surface area (Å²) in [5, 5.41) is 2.33. The second-order valence-electron chi connectivity index (χ2n) is 4.63. The lowest BCUT2D eigenvalue weighted by Crippen LogP contribution is -2.30. The summed E-state index contributed by atoms with van der Waals surface area (Å²) < 4.78 is 50.0. The van der Waals surface area contributed by atoms with E-state index in [1.807, 2.05) is 0 Å². The van der Waals surface area contributed by atoms with Crippen LogP contribution in [0.5, 0.6) is 0 Å². The third-order valence-electron chi connectivity index (χ3n) is 2.84. The van der Waals surface area contributed by atoms with Crippen LogP contribution in [-0.4, -0.2) is 20.1 Å². The highest BCUT2D eigenvalue weighted by molar-refractivity contribution is 7.92. The molecule has 0 bridgehead atoms. The van der Waals surface area contributed by atoms with Gasteiger partial charge < -0.3 is 5.32 Å². The quantitative estimate of drug-likeness (QED) is 0.915. The third kappa shape index (κ3) is 4.36. The Morgan fingerprint density at radius 2 is 1.59 bits per heavy atom. The van der Waals surface area contributed by atoms with E-state index in [0.717, 1.165) is 12.1 Å². The number of amides is 1. The monoisotopic (exact) mass is 325 g/mol. The molecule has 0 heterocycles. The van der Waals surface area contributed by atoms with E-state index in [-0.39, 0.29) is 17.0 Å². The van der Waals surface area contributed by atoms with Crippen LogP contribution in [0.2, 0.25) is 0 Å². The number of carbonyl (C=O) groups excluding carboxylic acids is 1. The molecule has 0 aliphatic carbocycles. The van der Waals surface area contributed by atoms with Crippen molar-refractivity contribution in [2.45, 2.75) is 11.4 Å². The SMILES string of the molecule is O=C(CS(=O)(=O)c1ccccc1)NCc1cc(F)cc(F)c1. The molecule has 1 N–H and O–H groups in total. The van der Waals surface area contributed by atoms with Crippen molar-refractivity contribution in [3.63, 3.8) is 0 Å². The molecule has 0 aromatic heterocycles. The van der Waals surface area contributed by atoms with Crippen LogP contribution in [0.1, 0.15) is 5.56 Å². The summed E-state index contributed by atoms with van der Waals surface area (Å²) in [5.74, 6) is -3.00. The Kier molecular flexibility index (Phi) is 4.87. The molecule has 0 unspecified atom stereocenters. The third-order valence-corrected chi connectivity index (χ3v) is 4.47. The highest BCUT2D eigenvalue weighted by Crippen LogP contribution is 2.10. The normalized spacial score (nSPS) is 11.2. The van der Waals surface area contributed by atoms with Gasteiger partial charge >= 0.3 is 0 Å². The van der Waals surface area contributed by atoms with Crippen LogP contribution in [0.4, 0.5) is 8.78 Å². The summed E-state index contributed by atoms with van der Waals surface area (Å²) >= 11 is 0. The summed E-state index contributed by atoms with van der Waals surface area (Å²) in [6.45, 7) is -0.155. The van der Waals surface area contributed by atoms with Crippen molar-refractivity contribution in [3.05, 3.63) is 65.7 Å². The number of carbonyl (C=O) groups is 1. The van der Waals surface area contributed by atoms with Gasteiger partial charge in [-0.05, 0) is 29.8 Å². The second-order valence-corrected chi connectivity index (χ2v) is 6.62. The number of hydrogen-bond donors (Lipinski definition) is 1. The number of benzene rings is 2. The molecule has 0 spiro atoms. The van der Waals surface area contributed by atoms with Gasteiger partial charge in [0.1, 0.15) is 17.4 Å². The minimum absolute atomic E-state index is 0.0435. The topological polar surface area (TPSA) is 63.2 Å². The molecule has 2 aromatic rings. The van der Waals surface area contributed by atoms with Crippen LogP contribution >= 0.6 is 0 Å². The molecule has 22 heavy (non-hydrogen) atoms. The fourth-order valence-corrected chi connectivity index (χ4v) is 3.03. The first kappa shape index (κ1) is 16.1. The van der Waals surface area contributed by atoms with Crippen molar-refractivity contribution in [3.8, 4) is 0 Å². The molecule has 0 atom stereocenters. The highest BCUT2D eigenvalue weighted by Gasteiger charge is 2.18. The molecule has 0 saturated carbocycles. The van der Waals surface area contributed by atoms with E-state index in [1.54, 1.807) is 18.2 Å². The van der Waals surface area contributed by atoms with Crippen molar-refractivity contribution in [1.82, 2.24) is 5.32 Å².